The van der Waals surface area contributed by atoms with Crippen molar-refractivity contribution >= 4 is 5.69 Å². The standard InChI is InChI=1S/C22H23NO3/c1-24-22-13-6-5-8-18(22)17-23-19-9-7-12-21(16-19)26-15-14-25-20-10-3-2-4-11-20/h2-13,16,23H,14-15,17H2,1H3. The molecule has 1 N–H and O–H groups in total. The number of anilines is 1. The molecular formula is C22H23NO3. The number of methoxy groups -OCH3 is 1. The molecule has 0 saturated carbocycles. The van der Waals surface area contributed by atoms with Gasteiger partial charge >= 0.3 is 0 Å². The van der Waals surface area contributed by atoms with Crippen LogP contribution in [0.15, 0.2) is 78.9 Å². The van der Waals surface area contributed by atoms with Gasteiger partial charge in [-0.25, -0.2) is 0 Å². The summed E-state index contributed by atoms with van der Waals surface area (Å²) in [7, 11) is 1.69. The third-order valence-electron chi connectivity index (χ3n) is 3.87. The van der Waals surface area contributed by atoms with Gasteiger partial charge in [0.05, 0.1) is 7.11 Å². The van der Waals surface area contributed by atoms with E-state index in [0.29, 0.717) is 19.8 Å². The molecule has 0 amide bonds. The van der Waals surface area contributed by atoms with Gasteiger partial charge in [-0.1, -0.05) is 42.5 Å². The molecule has 134 valence electrons. The van der Waals surface area contributed by atoms with Crippen LogP contribution in [0.1, 0.15) is 5.56 Å². The van der Waals surface area contributed by atoms with Crippen LogP contribution in [-0.4, -0.2) is 20.3 Å². The Kier molecular flexibility index (Phi) is 6.37. The number of nitrogens with one attached hydrogen (secondary N) is 1. The predicted octanol–water partition coefficient (Wildman–Crippen LogP) is 4.77. The molecule has 0 bridgehead atoms. The number of benzene rings is 3. The van der Waals surface area contributed by atoms with Crippen LogP contribution in [0.5, 0.6) is 17.2 Å². The molecule has 0 saturated heterocycles. The lowest BCUT2D eigenvalue weighted by atomic mass is 10.2. The van der Waals surface area contributed by atoms with Crippen molar-refractivity contribution in [1.82, 2.24) is 0 Å². The van der Waals surface area contributed by atoms with E-state index in [0.717, 1.165) is 28.5 Å². The minimum absolute atomic E-state index is 0.491. The Morgan fingerprint density at radius 2 is 1.42 bits per heavy atom. The Bertz CT molecular complexity index is 805. The summed E-state index contributed by atoms with van der Waals surface area (Å²) in [5.74, 6) is 2.54. The number of para-hydroxylation sites is 2. The largest absolute Gasteiger partial charge is 0.496 e. The fourth-order valence-electron chi connectivity index (χ4n) is 2.58. The Labute approximate surface area is 154 Å². The third kappa shape index (κ3) is 5.18. The van der Waals surface area contributed by atoms with Crippen LogP contribution in [-0.2, 0) is 6.54 Å². The SMILES string of the molecule is COc1ccccc1CNc1cccc(OCCOc2ccccc2)c1. The number of hydrogen-bond donors (Lipinski definition) is 1. The van der Waals surface area contributed by atoms with E-state index in [-0.39, 0.29) is 0 Å². The average molecular weight is 349 g/mol. The minimum atomic E-state index is 0.491. The van der Waals surface area contributed by atoms with Crippen LogP contribution < -0.4 is 19.5 Å². The molecular weight excluding hydrogens is 326 g/mol. The van der Waals surface area contributed by atoms with E-state index in [9.17, 15) is 0 Å². The Hall–Kier alpha value is -3.14. The van der Waals surface area contributed by atoms with Gasteiger partial charge < -0.3 is 19.5 Å². The molecule has 0 aliphatic heterocycles. The first-order chi connectivity index (χ1) is 12.8. The maximum atomic E-state index is 5.78. The molecule has 0 spiro atoms. The molecule has 0 aromatic heterocycles. The molecule has 0 atom stereocenters. The number of hydrogen-bond acceptors (Lipinski definition) is 4. The van der Waals surface area contributed by atoms with Crippen molar-refractivity contribution in [2.75, 3.05) is 25.6 Å². The normalized spacial score (nSPS) is 10.2. The summed E-state index contributed by atoms with van der Waals surface area (Å²) in [5, 5.41) is 3.40. The van der Waals surface area contributed by atoms with Crippen molar-refractivity contribution < 1.29 is 14.2 Å². The number of rotatable bonds is 9. The van der Waals surface area contributed by atoms with E-state index >= 15 is 0 Å². The summed E-state index contributed by atoms with van der Waals surface area (Å²) in [6.07, 6.45) is 0. The van der Waals surface area contributed by atoms with Crippen molar-refractivity contribution in [3.05, 3.63) is 84.4 Å². The molecule has 4 nitrogen and oxygen atoms in total. The van der Waals surface area contributed by atoms with E-state index in [1.54, 1.807) is 7.11 Å². The second kappa shape index (κ2) is 9.37. The first-order valence-corrected chi connectivity index (χ1v) is 8.61. The van der Waals surface area contributed by atoms with E-state index in [1.807, 2.05) is 78.9 Å². The maximum absolute atomic E-state index is 5.78. The second-order valence-corrected chi connectivity index (χ2v) is 5.70. The van der Waals surface area contributed by atoms with Gasteiger partial charge in [-0.05, 0) is 30.3 Å². The Morgan fingerprint density at radius 3 is 2.23 bits per heavy atom. The summed E-state index contributed by atoms with van der Waals surface area (Å²) in [5.41, 5.74) is 2.11. The molecule has 0 aliphatic rings. The fraction of sp³-hybridized carbons (Fsp3) is 0.182. The van der Waals surface area contributed by atoms with Crippen LogP contribution in [0.3, 0.4) is 0 Å². The molecule has 4 heteroatoms. The van der Waals surface area contributed by atoms with Gasteiger partial charge in [-0.15, -0.1) is 0 Å². The predicted molar refractivity (Wildman–Crippen MR) is 104 cm³/mol. The zero-order valence-electron chi connectivity index (χ0n) is 14.9. The lowest BCUT2D eigenvalue weighted by Crippen LogP contribution is -2.09. The summed E-state index contributed by atoms with van der Waals surface area (Å²) in [4.78, 5) is 0. The van der Waals surface area contributed by atoms with Gasteiger partial charge in [0, 0.05) is 23.9 Å². The van der Waals surface area contributed by atoms with Crippen molar-refractivity contribution in [3.8, 4) is 17.2 Å². The first-order valence-electron chi connectivity index (χ1n) is 8.61. The Morgan fingerprint density at radius 1 is 0.731 bits per heavy atom. The molecule has 0 heterocycles. The summed E-state index contributed by atoms with van der Waals surface area (Å²) in [6, 6.07) is 25.6. The highest BCUT2D eigenvalue weighted by atomic mass is 16.5. The van der Waals surface area contributed by atoms with E-state index in [1.165, 1.54) is 0 Å². The second-order valence-electron chi connectivity index (χ2n) is 5.70. The van der Waals surface area contributed by atoms with Crippen molar-refractivity contribution in [2.24, 2.45) is 0 Å². The van der Waals surface area contributed by atoms with Gasteiger partial charge in [-0.3, -0.25) is 0 Å². The van der Waals surface area contributed by atoms with Gasteiger partial charge in [-0.2, -0.15) is 0 Å². The molecule has 3 aromatic rings. The van der Waals surface area contributed by atoms with Gasteiger partial charge in [0.25, 0.3) is 0 Å². The maximum Gasteiger partial charge on any atom is 0.123 e. The Balaban J connectivity index is 1.48. The van der Waals surface area contributed by atoms with E-state index in [4.69, 9.17) is 14.2 Å². The van der Waals surface area contributed by atoms with Gasteiger partial charge in [0.1, 0.15) is 30.5 Å². The monoisotopic (exact) mass is 349 g/mol. The quantitative estimate of drug-likeness (QED) is 0.565. The first kappa shape index (κ1) is 17.7. The fourth-order valence-corrected chi connectivity index (χ4v) is 2.58. The summed E-state index contributed by atoms with van der Waals surface area (Å²) in [6.45, 7) is 1.68. The third-order valence-corrected chi connectivity index (χ3v) is 3.87. The zero-order valence-corrected chi connectivity index (χ0v) is 14.9. The average Bonchev–Trinajstić information content (AvgIpc) is 2.71. The molecule has 0 aliphatic carbocycles. The topological polar surface area (TPSA) is 39.7 Å². The van der Waals surface area contributed by atoms with Crippen molar-refractivity contribution in [2.45, 2.75) is 6.54 Å². The van der Waals surface area contributed by atoms with Crippen LogP contribution >= 0.6 is 0 Å². The molecule has 0 unspecified atom stereocenters. The van der Waals surface area contributed by atoms with E-state index in [2.05, 4.69) is 5.32 Å². The number of ether oxygens (including phenoxy) is 3. The summed E-state index contributed by atoms with van der Waals surface area (Å²) < 4.78 is 16.8. The highest BCUT2D eigenvalue weighted by Gasteiger charge is 2.02. The van der Waals surface area contributed by atoms with Crippen LogP contribution in [0, 0.1) is 0 Å². The van der Waals surface area contributed by atoms with Gasteiger partial charge in [0.15, 0.2) is 0 Å². The lowest BCUT2D eigenvalue weighted by molar-refractivity contribution is 0.217. The molecule has 0 radical (unpaired) electrons. The molecule has 3 aromatic carbocycles. The molecule has 0 fully saturated rings. The van der Waals surface area contributed by atoms with Crippen molar-refractivity contribution in [1.29, 1.82) is 0 Å². The molecule has 3 rings (SSSR count). The smallest absolute Gasteiger partial charge is 0.123 e. The van der Waals surface area contributed by atoms with Gasteiger partial charge in [0.2, 0.25) is 0 Å². The van der Waals surface area contributed by atoms with Crippen LogP contribution in [0.2, 0.25) is 0 Å². The van der Waals surface area contributed by atoms with Crippen LogP contribution in [0.4, 0.5) is 5.69 Å². The summed E-state index contributed by atoms with van der Waals surface area (Å²) >= 11 is 0. The highest BCUT2D eigenvalue weighted by molar-refractivity contribution is 5.49. The molecule has 26 heavy (non-hydrogen) atoms. The van der Waals surface area contributed by atoms with Crippen molar-refractivity contribution in [3.63, 3.8) is 0 Å². The zero-order chi connectivity index (χ0) is 18.0. The lowest BCUT2D eigenvalue weighted by Gasteiger charge is -2.12. The van der Waals surface area contributed by atoms with E-state index < -0.39 is 0 Å². The highest BCUT2D eigenvalue weighted by Crippen LogP contribution is 2.21. The van der Waals surface area contributed by atoms with Crippen LogP contribution in [0.25, 0.3) is 0 Å². The minimum Gasteiger partial charge on any atom is -0.496 e.